The number of carbonyl (C=O) groups excluding carboxylic acids is 1. The van der Waals surface area contributed by atoms with Gasteiger partial charge in [0.05, 0.1) is 22.1 Å². The third-order valence-corrected chi connectivity index (χ3v) is 5.58. The molecule has 1 amide bonds. The van der Waals surface area contributed by atoms with Gasteiger partial charge in [-0.3, -0.25) is 19.5 Å². The van der Waals surface area contributed by atoms with E-state index in [1.807, 2.05) is 0 Å². The molecule has 0 aliphatic carbocycles. The smallest absolute Gasteiger partial charge is 0.407 e. The standard InChI is InChI=1S/C16H19N3O6S/c20-14(17-9-16(22)5-7-26-10-16)2-1-6-18-12-4-3-11(19(23)24)8-13(12)25-15(18)21/h3-4,8,22H,1-2,5-7,9-10H2,(H,17,20). The van der Waals surface area contributed by atoms with Gasteiger partial charge in [0.1, 0.15) is 0 Å². The largest absolute Gasteiger partial charge is 0.419 e. The Morgan fingerprint density at radius 2 is 2.31 bits per heavy atom. The van der Waals surface area contributed by atoms with Crippen LogP contribution in [0.15, 0.2) is 27.4 Å². The van der Waals surface area contributed by atoms with Crippen LogP contribution in [-0.2, 0) is 11.3 Å². The van der Waals surface area contributed by atoms with E-state index in [2.05, 4.69) is 5.32 Å². The molecule has 0 radical (unpaired) electrons. The highest BCUT2D eigenvalue weighted by Crippen LogP contribution is 2.27. The summed E-state index contributed by atoms with van der Waals surface area (Å²) in [7, 11) is 0. The molecule has 10 heteroatoms. The van der Waals surface area contributed by atoms with Crippen LogP contribution in [0.25, 0.3) is 11.1 Å². The number of aryl methyl sites for hydroxylation is 1. The molecule has 9 nitrogen and oxygen atoms in total. The summed E-state index contributed by atoms with van der Waals surface area (Å²) in [6.07, 6.45) is 1.28. The number of amides is 1. The van der Waals surface area contributed by atoms with E-state index in [4.69, 9.17) is 4.42 Å². The van der Waals surface area contributed by atoms with Crippen LogP contribution in [0.4, 0.5) is 5.69 Å². The average molecular weight is 381 g/mol. The molecule has 1 saturated heterocycles. The van der Waals surface area contributed by atoms with Crippen LogP contribution in [0.1, 0.15) is 19.3 Å². The lowest BCUT2D eigenvalue weighted by Crippen LogP contribution is -2.42. The fraction of sp³-hybridized carbons (Fsp3) is 0.500. The molecule has 2 heterocycles. The summed E-state index contributed by atoms with van der Waals surface area (Å²) in [5.41, 5.74) is -0.374. The monoisotopic (exact) mass is 381 g/mol. The fourth-order valence-corrected chi connectivity index (χ4v) is 4.16. The number of fused-ring (bicyclic) bond motifs is 1. The zero-order valence-corrected chi connectivity index (χ0v) is 14.8. The Morgan fingerprint density at radius 3 is 3.00 bits per heavy atom. The topological polar surface area (TPSA) is 128 Å². The predicted molar refractivity (Wildman–Crippen MR) is 96.3 cm³/mol. The van der Waals surface area contributed by atoms with E-state index in [0.717, 1.165) is 5.75 Å². The van der Waals surface area contributed by atoms with Gasteiger partial charge in [0.25, 0.3) is 5.69 Å². The van der Waals surface area contributed by atoms with Crippen molar-refractivity contribution >= 4 is 34.5 Å². The maximum absolute atomic E-state index is 11.9. The minimum Gasteiger partial charge on any atom is -0.407 e. The molecule has 0 spiro atoms. The van der Waals surface area contributed by atoms with Crippen LogP contribution in [-0.4, -0.2) is 44.2 Å². The Labute approximate surface area is 152 Å². The molecule has 1 aliphatic rings. The van der Waals surface area contributed by atoms with Crippen LogP contribution in [0, 0.1) is 10.1 Å². The summed E-state index contributed by atoms with van der Waals surface area (Å²) in [5.74, 6) is 0.710. The predicted octanol–water partition coefficient (Wildman–Crippen LogP) is 1.27. The molecular weight excluding hydrogens is 362 g/mol. The van der Waals surface area contributed by atoms with Gasteiger partial charge in [-0.25, -0.2) is 4.79 Å². The third kappa shape index (κ3) is 4.07. The van der Waals surface area contributed by atoms with Gasteiger partial charge >= 0.3 is 5.76 Å². The van der Waals surface area contributed by atoms with Crippen LogP contribution in [0.2, 0.25) is 0 Å². The van der Waals surface area contributed by atoms with E-state index < -0.39 is 16.3 Å². The zero-order chi connectivity index (χ0) is 18.7. The number of aromatic nitrogens is 1. The number of carbonyl (C=O) groups is 1. The molecule has 1 atom stereocenters. The van der Waals surface area contributed by atoms with Crippen LogP contribution in [0.3, 0.4) is 0 Å². The highest BCUT2D eigenvalue weighted by Gasteiger charge is 2.31. The first-order chi connectivity index (χ1) is 12.4. The Morgan fingerprint density at radius 1 is 1.50 bits per heavy atom. The first kappa shape index (κ1) is 18.5. The second-order valence-corrected chi connectivity index (χ2v) is 7.44. The molecule has 0 bridgehead atoms. The van der Waals surface area contributed by atoms with Crippen molar-refractivity contribution in [3.63, 3.8) is 0 Å². The van der Waals surface area contributed by atoms with Gasteiger partial charge in [-0.2, -0.15) is 11.8 Å². The zero-order valence-electron chi connectivity index (χ0n) is 14.0. The van der Waals surface area contributed by atoms with E-state index in [-0.39, 0.29) is 36.7 Å². The first-order valence-electron chi connectivity index (χ1n) is 8.23. The van der Waals surface area contributed by atoms with Crippen molar-refractivity contribution in [1.29, 1.82) is 0 Å². The highest BCUT2D eigenvalue weighted by molar-refractivity contribution is 7.99. The SMILES string of the molecule is O=C(CCCn1c(=O)oc2cc([N+](=O)[O-])ccc21)NCC1(O)CCSC1. The van der Waals surface area contributed by atoms with Gasteiger partial charge in [0.15, 0.2) is 5.58 Å². The summed E-state index contributed by atoms with van der Waals surface area (Å²) in [6.45, 7) is 0.494. The molecule has 1 fully saturated rings. The van der Waals surface area contributed by atoms with Crippen molar-refractivity contribution in [2.75, 3.05) is 18.1 Å². The third-order valence-electron chi connectivity index (χ3n) is 4.35. The Kier molecular flexibility index (Phi) is 5.33. The van der Waals surface area contributed by atoms with Gasteiger partial charge < -0.3 is 14.8 Å². The van der Waals surface area contributed by atoms with E-state index in [0.29, 0.717) is 24.1 Å². The molecule has 1 aromatic heterocycles. The van der Waals surface area contributed by atoms with Crippen molar-refractivity contribution < 1.29 is 19.2 Å². The van der Waals surface area contributed by atoms with Gasteiger partial charge in [-0.1, -0.05) is 0 Å². The van der Waals surface area contributed by atoms with Crippen LogP contribution >= 0.6 is 11.8 Å². The van der Waals surface area contributed by atoms with E-state index in [1.54, 1.807) is 11.8 Å². The van der Waals surface area contributed by atoms with Crippen LogP contribution < -0.4 is 11.1 Å². The number of hydrogen-bond donors (Lipinski definition) is 2. The van der Waals surface area contributed by atoms with Crippen molar-refractivity contribution in [2.45, 2.75) is 31.4 Å². The van der Waals surface area contributed by atoms with Crippen molar-refractivity contribution in [3.8, 4) is 0 Å². The van der Waals surface area contributed by atoms with Gasteiger partial charge in [-0.05, 0) is 24.7 Å². The molecule has 1 aromatic carbocycles. The number of thioether (sulfide) groups is 1. The minimum atomic E-state index is -0.827. The lowest BCUT2D eigenvalue weighted by atomic mass is 10.0. The van der Waals surface area contributed by atoms with Crippen molar-refractivity contribution in [1.82, 2.24) is 9.88 Å². The molecule has 26 heavy (non-hydrogen) atoms. The van der Waals surface area contributed by atoms with Gasteiger partial charge in [0, 0.05) is 31.3 Å². The molecule has 3 rings (SSSR count). The van der Waals surface area contributed by atoms with E-state index >= 15 is 0 Å². The lowest BCUT2D eigenvalue weighted by molar-refractivity contribution is -0.384. The summed E-state index contributed by atoms with van der Waals surface area (Å²) in [5, 5.41) is 23.7. The number of aliphatic hydroxyl groups is 1. The van der Waals surface area contributed by atoms with Crippen molar-refractivity contribution in [2.24, 2.45) is 0 Å². The number of hydrogen-bond acceptors (Lipinski definition) is 7. The molecule has 140 valence electrons. The maximum Gasteiger partial charge on any atom is 0.419 e. The number of non-ortho nitro benzene ring substituents is 1. The number of nitro benzene ring substituents is 1. The Hall–Kier alpha value is -2.33. The number of nitrogens with zero attached hydrogens (tertiary/aromatic N) is 2. The van der Waals surface area contributed by atoms with E-state index in [1.165, 1.54) is 22.8 Å². The minimum absolute atomic E-state index is 0.148. The van der Waals surface area contributed by atoms with E-state index in [9.17, 15) is 24.8 Å². The molecule has 1 unspecified atom stereocenters. The summed E-state index contributed by atoms with van der Waals surface area (Å²) in [6, 6.07) is 3.98. The maximum atomic E-state index is 11.9. The van der Waals surface area contributed by atoms with Gasteiger partial charge in [-0.15, -0.1) is 0 Å². The Balaban J connectivity index is 1.56. The number of oxazole rings is 1. The molecule has 1 aliphatic heterocycles. The van der Waals surface area contributed by atoms with Crippen LogP contribution in [0.5, 0.6) is 0 Å². The first-order valence-corrected chi connectivity index (χ1v) is 9.38. The molecule has 2 N–H and O–H groups in total. The average Bonchev–Trinajstić information content (AvgIpc) is 3.16. The Bertz CT molecular complexity index is 884. The fourth-order valence-electron chi connectivity index (χ4n) is 2.87. The lowest BCUT2D eigenvalue weighted by Gasteiger charge is -2.21. The number of nitrogens with one attached hydrogen (secondary N) is 1. The highest BCUT2D eigenvalue weighted by atomic mass is 32.2. The van der Waals surface area contributed by atoms with Gasteiger partial charge in [0.2, 0.25) is 5.91 Å². The molecule has 2 aromatic rings. The summed E-state index contributed by atoms with van der Waals surface area (Å²) < 4.78 is 6.40. The summed E-state index contributed by atoms with van der Waals surface area (Å²) in [4.78, 5) is 34.1. The number of nitro groups is 1. The normalized spacial score (nSPS) is 19.7. The summed E-state index contributed by atoms with van der Waals surface area (Å²) >= 11 is 1.66. The molecule has 0 saturated carbocycles. The second-order valence-electron chi connectivity index (χ2n) is 6.34. The second kappa shape index (κ2) is 7.50. The van der Waals surface area contributed by atoms with Crippen molar-refractivity contribution in [3.05, 3.63) is 38.9 Å². The molecular formula is C16H19N3O6S. The number of rotatable bonds is 7. The number of benzene rings is 1. The quantitative estimate of drug-likeness (QED) is 0.546.